The van der Waals surface area contributed by atoms with Gasteiger partial charge in [-0.25, -0.2) is 4.79 Å². The number of rotatable bonds is 11. The predicted octanol–water partition coefficient (Wildman–Crippen LogP) is 5.84. The van der Waals surface area contributed by atoms with Crippen molar-refractivity contribution < 1.29 is 24.5 Å². The quantitative estimate of drug-likeness (QED) is 0.416. The van der Waals surface area contributed by atoms with Gasteiger partial charge in [0.1, 0.15) is 4.88 Å². The third-order valence-electron chi connectivity index (χ3n) is 6.46. The second kappa shape index (κ2) is 11.5. The molecule has 3 unspecified atom stereocenters. The number of hydrogen-bond donors (Lipinski definition) is 2. The summed E-state index contributed by atoms with van der Waals surface area (Å²) in [6, 6.07) is 11.1. The molecule has 1 aliphatic rings. The number of anilines is 1. The summed E-state index contributed by atoms with van der Waals surface area (Å²) in [5.41, 5.74) is 1.95. The van der Waals surface area contributed by atoms with E-state index in [4.69, 9.17) is 9.84 Å². The summed E-state index contributed by atoms with van der Waals surface area (Å²) in [5, 5.41) is 19.7. The van der Waals surface area contributed by atoms with Gasteiger partial charge in [0.25, 0.3) is 0 Å². The second-order valence-corrected chi connectivity index (χ2v) is 11.5. The van der Waals surface area contributed by atoms with Crippen molar-refractivity contribution >= 4 is 28.9 Å². The van der Waals surface area contributed by atoms with E-state index in [1.807, 2.05) is 35.2 Å². The summed E-state index contributed by atoms with van der Waals surface area (Å²) in [6.07, 6.45) is 4.79. The van der Waals surface area contributed by atoms with Crippen molar-refractivity contribution in [3.8, 4) is 0 Å². The van der Waals surface area contributed by atoms with Gasteiger partial charge in [0.05, 0.1) is 24.7 Å². The number of ether oxygens (including phenoxy) is 1. The van der Waals surface area contributed by atoms with Crippen molar-refractivity contribution in [3.05, 3.63) is 51.7 Å². The molecule has 2 N–H and O–H groups in total. The standard InChI is InChI=1S/C27H37NO5S/c1-27(2,3)16-6-9-22(29)18-10-12-19(13-11-18)28-21(23(33-4)17-25(28)30)8-5-7-20-14-15-24(34-20)26(31)32/h10-15,21-23,29H,5-9,16-17H2,1-4H3,(H,31,32). The zero-order valence-electron chi connectivity index (χ0n) is 20.6. The van der Waals surface area contributed by atoms with Crippen molar-refractivity contribution in [3.63, 3.8) is 0 Å². The Morgan fingerprint density at radius 3 is 2.47 bits per heavy atom. The first-order valence-electron chi connectivity index (χ1n) is 12.0. The minimum atomic E-state index is -0.897. The smallest absolute Gasteiger partial charge is 0.345 e. The molecule has 1 amide bonds. The number of hydrogen-bond acceptors (Lipinski definition) is 5. The lowest BCUT2D eigenvalue weighted by Crippen LogP contribution is -2.37. The fourth-order valence-corrected chi connectivity index (χ4v) is 5.50. The third-order valence-corrected chi connectivity index (χ3v) is 7.60. The van der Waals surface area contributed by atoms with Gasteiger partial charge in [0.2, 0.25) is 5.91 Å². The molecule has 2 heterocycles. The van der Waals surface area contributed by atoms with E-state index in [9.17, 15) is 14.7 Å². The lowest BCUT2D eigenvalue weighted by Gasteiger charge is -2.28. The maximum Gasteiger partial charge on any atom is 0.345 e. The molecular formula is C27H37NO5S. The number of carboxylic acid groups (broad SMARTS) is 1. The van der Waals surface area contributed by atoms with Crippen LogP contribution in [0.3, 0.4) is 0 Å². The largest absolute Gasteiger partial charge is 0.477 e. The highest BCUT2D eigenvalue weighted by Gasteiger charge is 2.40. The Hall–Kier alpha value is -2.22. The van der Waals surface area contributed by atoms with E-state index in [1.54, 1.807) is 13.2 Å². The van der Waals surface area contributed by atoms with Crippen LogP contribution in [-0.2, 0) is 16.0 Å². The van der Waals surface area contributed by atoms with Crippen molar-refractivity contribution in [2.45, 2.75) is 84.0 Å². The maximum absolute atomic E-state index is 12.9. The SMILES string of the molecule is COC1CC(=O)N(c2ccc(C(O)CCCC(C)(C)C)cc2)C1CCCc1ccc(C(=O)O)s1. The molecule has 34 heavy (non-hydrogen) atoms. The van der Waals surface area contributed by atoms with Gasteiger partial charge in [-0.15, -0.1) is 11.3 Å². The van der Waals surface area contributed by atoms with Crippen LogP contribution in [0, 0.1) is 5.41 Å². The van der Waals surface area contributed by atoms with Gasteiger partial charge in [0, 0.05) is 17.7 Å². The van der Waals surface area contributed by atoms with Crippen molar-refractivity contribution in [2.75, 3.05) is 12.0 Å². The van der Waals surface area contributed by atoms with E-state index < -0.39 is 12.1 Å². The van der Waals surface area contributed by atoms with Crippen LogP contribution in [0.4, 0.5) is 5.69 Å². The number of nitrogens with zero attached hydrogens (tertiary/aromatic N) is 1. The first-order chi connectivity index (χ1) is 16.1. The van der Waals surface area contributed by atoms with Crippen LogP contribution in [0.15, 0.2) is 36.4 Å². The Morgan fingerprint density at radius 2 is 1.88 bits per heavy atom. The zero-order chi connectivity index (χ0) is 24.9. The monoisotopic (exact) mass is 487 g/mol. The van der Waals surface area contributed by atoms with Crippen LogP contribution in [-0.4, -0.2) is 41.3 Å². The van der Waals surface area contributed by atoms with Crippen molar-refractivity contribution in [1.29, 1.82) is 0 Å². The number of aliphatic hydroxyl groups is 1. The molecule has 1 saturated heterocycles. The molecule has 0 aliphatic carbocycles. The number of amides is 1. The van der Waals surface area contributed by atoms with Gasteiger partial charge in [-0.2, -0.15) is 0 Å². The molecule has 0 spiro atoms. The molecule has 0 radical (unpaired) electrons. The van der Waals surface area contributed by atoms with Crippen LogP contribution in [0.25, 0.3) is 0 Å². The molecule has 1 aromatic heterocycles. The van der Waals surface area contributed by atoms with E-state index in [1.165, 1.54) is 11.3 Å². The number of methoxy groups -OCH3 is 1. The Kier molecular flexibility index (Phi) is 8.90. The highest BCUT2D eigenvalue weighted by Crippen LogP contribution is 2.33. The van der Waals surface area contributed by atoms with Crippen LogP contribution in [0.5, 0.6) is 0 Å². The normalized spacial score (nSPS) is 19.6. The van der Waals surface area contributed by atoms with Crippen LogP contribution < -0.4 is 4.90 Å². The summed E-state index contributed by atoms with van der Waals surface area (Å²) < 4.78 is 5.64. The topological polar surface area (TPSA) is 87.1 Å². The van der Waals surface area contributed by atoms with Crippen LogP contribution >= 0.6 is 11.3 Å². The number of aryl methyl sites for hydroxylation is 1. The molecule has 0 saturated carbocycles. The molecule has 7 heteroatoms. The van der Waals surface area contributed by atoms with E-state index >= 15 is 0 Å². The van der Waals surface area contributed by atoms with Gasteiger partial charge in [-0.05, 0) is 67.3 Å². The highest BCUT2D eigenvalue weighted by atomic mass is 32.1. The minimum absolute atomic E-state index is 0.0413. The number of aromatic carboxylic acids is 1. The summed E-state index contributed by atoms with van der Waals surface area (Å²) in [6.45, 7) is 6.62. The molecule has 3 atom stereocenters. The molecule has 1 aliphatic heterocycles. The van der Waals surface area contributed by atoms with Gasteiger partial charge in [-0.1, -0.05) is 39.3 Å². The number of thiophene rings is 1. The first kappa shape index (κ1) is 26.4. The molecule has 0 bridgehead atoms. The molecule has 1 aromatic carbocycles. The molecule has 3 rings (SSSR count). The van der Waals surface area contributed by atoms with Crippen molar-refractivity contribution in [1.82, 2.24) is 0 Å². The number of carboxylic acids is 1. The summed E-state index contributed by atoms with van der Waals surface area (Å²) in [7, 11) is 1.64. The lowest BCUT2D eigenvalue weighted by atomic mass is 9.88. The number of carbonyl (C=O) groups excluding carboxylic acids is 1. The number of benzene rings is 1. The fraction of sp³-hybridized carbons (Fsp3) is 0.556. The van der Waals surface area contributed by atoms with Crippen LogP contribution in [0.2, 0.25) is 0 Å². The van der Waals surface area contributed by atoms with Crippen LogP contribution in [0.1, 0.15) is 85.5 Å². The Bertz CT molecular complexity index is 962. The number of carbonyl (C=O) groups is 2. The molecule has 1 fully saturated rings. The Labute approximate surface area is 206 Å². The minimum Gasteiger partial charge on any atom is -0.477 e. The first-order valence-corrected chi connectivity index (χ1v) is 12.9. The average molecular weight is 488 g/mol. The predicted molar refractivity (Wildman–Crippen MR) is 136 cm³/mol. The maximum atomic E-state index is 12.9. The average Bonchev–Trinajstić information content (AvgIpc) is 3.37. The van der Waals surface area contributed by atoms with E-state index in [0.29, 0.717) is 11.3 Å². The summed E-state index contributed by atoms with van der Waals surface area (Å²) >= 11 is 1.30. The lowest BCUT2D eigenvalue weighted by molar-refractivity contribution is -0.117. The zero-order valence-corrected chi connectivity index (χ0v) is 21.4. The third kappa shape index (κ3) is 6.90. The van der Waals surface area contributed by atoms with Gasteiger partial charge in [0.15, 0.2) is 0 Å². The molecule has 186 valence electrons. The van der Waals surface area contributed by atoms with E-state index in [0.717, 1.165) is 54.7 Å². The summed E-state index contributed by atoms with van der Waals surface area (Å²) in [4.78, 5) is 27.2. The van der Waals surface area contributed by atoms with Crippen molar-refractivity contribution in [2.24, 2.45) is 5.41 Å². The Morgan fingerprint density at radius 1 is 1.18 bits per heavy atom. The fourth-order valence-electron chi connectivity index (χ4n) is 4.61. The molecule has 2 aromatic rings. The Balaban J connectivity index is 1.63. The molecule has 6 nitrogen and oxygen atoms in total. The highest BCUT2D eigenvalue weighted by molar-refractivity contribution is 7.13. The summed E-state index contributed by atoms with van der Waals surface area (Å²) in [5.74, 6) is -0.856. The number of aliphatic hydroxyl groups excluding tert-OH is 1. The van der Waals surface area contributed by atoms with E-state index in [2.05, 4.69) is 20.8 Å². The second-order valence-electron chi connectivity index (χ2n) is 10.3. The van der Waals surface area contributed by atoms with Gasteiger partial charge < -0.3 is 19.8 Å². The van der Waals surface area contributed by atoms with Gasteiger partial charge in [-0.3, -0.25) is 4.79 Å². The van der Waals surface area contributed by atoms with E-state index in [-0.39, 0.29) is 23.5 Å². The van der Waals surface area contributed by atoms with Gasteiger partial charge >= 0.3 is 5.97 Å². The molecular weight excluding hydrogens is 450 g/mol.